The van der Waals surface area contributed by atoms with E-state index in [4.69, 9.17) is 0 Å². The Hall–Kier alpha value is -2.62. The number of carbonyl (C=O) groups excluding carboxylic acids is 2. The van der Waals surface area contributed by atoms with Crippen LogP contribution in [0.25, 0.3) is 0 Å². The van der Waals surface area contributed by atoms with Gasteiger partial charge in [-0.1, -0.05) is 84.6 Å². The van der Waals surface area contributed by atoms with E-state index < -0.39 is 0 Å². The lowest BCUT2D eigenvalue weighted by molar-refractivity contribution is 0.0979. The first kappa shape index (κ1) is 25.0. The number of hydrogen-bond donors (Lipinski definition) is 2. The highest BCUT2D eigenvalue weighted by Crippen LogP contribution is 2.53. The molecule has 0 radical (unpaired) electrons. The molecule has 2 N–H and O–H groups in total. The molecule has 2 aliphatic carbocycles. The predicted octanol–water partition coefficient (Wildman–Crippen LogP) is 7.60. The molecule has 192 valence electrons. The normalized spacial score (nSPS) is 24.6. The van der Waals surface area contributed by atoms with Crippen molar-refractivity contribution in [1.29, 1.82) is 0 Å². The molecule has 0 spiro atoms. The summed E-state index contributed by atoms with van der Waals surface area (Å²) in [6.45, 7) is 12.3. The van der Waals surface area contributed by atoms with Gasteiger partial charge in [0.25, 0.3) is 0 Å². The van der Waals surface area contributed by atoms with Gasteiger partial charge in [-0.25, -0.2) is 0 Å². The molecular formula is C32H42N2O2. The molecule has 3 aliphatic rings. The Balaban J connectivity index is 1.65. The molecule has 1 fully saturated rings. The van der Waals surface area contributed by atoms with Crippen molar-refractivity contribution in [3.63, 3.8) is 0 Å². The van der Waals surface area contributed by atoms with E-state index >= 15 is 0 Å². The number of ketones is 2. The number of fused-ring (bicyclic) bond motifs is 5. The number of nitrogens with one attached hydrogen (secondary N) is 2. The van der Waals surface area contributed by atoms with Crippen LogP contribution in [0.1, 0.15) is 117 Å². The highest BCUT2D eigenvalue weighted by molar-refractivity contribution is 6.32. The van der Waals surface area contributed by atoms with Crippen molar-refractivity contribution in [3.8, 4) is 0 Å². The average molecular weight is 487 g/mol. The summed E-state index contributed by atoms with van der Waals surface area (Å²) >= 11 is 0. The second kappa shape index (κ2) is 9.68. The number of rotatable bonds is 7. The van der Waals surface area contributed by atoms with E-state index in [1.54, 1.807) is 6.07 Å². The fraction of sp³-hybridized carbons (Fsp3) is 0.562. The highest BCUT2D eigenvalue weighted by Gasteiger charge is 2.47. The molecule has 1 heterocycles. The van der Waals surface area contributed by atoms with Gasteiger partial charge in [-0.15, -0.1) is 0 Å². The number of benzene rings is 2. The van der Waals surface area contributed by atoms with Crippen LogP contribution < -0.4 is 10.6 Å². The lowest BCUT2D eigenvalue weighted by atomic mass is 9.60. The molecule has 2 aromatic rings. The van der Waals surface area contributed by atoms with Crippen LogP contribution in [0.2, 0.25) is 0 Å². The minimum atomic E-state index is -0.0799. The van der Waals surface area contributed by atoms with E-state index in [0.29, 0.717) is 46.0 Å². The van der Waals surface area contributed by atoms with E-state index in [1.807, 2.05) is 18.2 Å². The standard InChI is InChI=1S/C32H42N2O2/c1-6-8-11-20(7-2)18-33-26-17-24-29(34-25-16-19(3)14-15-23(25)32(24,4)5)28-27(26)30(35)21-12-9-10-13-22(21)31(28)36/h9-10,12-13,17,19-20,23,25,33-34H,6-8,11,14-16,18H2,1-5H3. The monoisotopic (exact) mass is 486 g/mol. The van der Waals surface area contributed by atoms with Crippen molar-refractivity contribution < 1.29 is 9.59 Å². The number of hydrogen-bond acceptors (Lipinski definition) is 4. The molecule has 4 heteroatoms. The molecule has 36 heavy (non-hydrogen) atoms. The molecular weight excluding hydrogens is 444 g/mol. The van der Waals surface area contributed by atoms with Gasteiger partial charge in [-0.05, 0) is 54.1 Å². The Labute approximate surface area is 216 Å². The SMILES string of the molecule is CCCCC(CC)CNc1cc2c(c3c1C(=O)c1ccccc1C3=O)NC1CC(C)CCC1C2(C)C. The first-order valence-corrected chi connectivity index (χ1v) is 14.2. The topological polar surface area (TPSA) is 58.2 Å². The zero-order valence-corrected chi connectivity index (χ0v) is 22.7. The van der Waals surface area contributed by atoms with Crippen molar-refractivity contribution in [2.45, 2.75) is 91.0 Å². The van der Waals surface area contributed by atoms with Gasteiger partial charge >= 0.3 is 0 Å². The van der Waals surface area contributed by atoms with Gasteiger partial charge in [0.15, 0.2) is 11.6 Å². The minimum Gasteiger partial charge on any atom is -0.384 e. The van der Waals surface area contributed by atoms with Gasteiger partial charge in [0.05, 0.1) is 16.8 Å². The second-order valence-corrected chi connectivity index (χ2v) is 12.1. The summed E-state index contributed by atoms with van der Waals surface area (Å²) in [6, 6.07) is 9.86. The van der Waals surface area contributed by atoms with E-state index in [9.17, 15) is 9.59 Å². The molecule has 0 aromatic heterocycles. The van der Waals surface area contributed by atoms with E-state index in [0.717, 1.165) is 30.8 Å². The van der Waals surface area contributed by atoms with Crippen LogP contribution >= 0.6 is 0 Å². The predicted molar refractivity (Wildman–Crippen MR) is 148 cm³/mol. The van der Waals surface area contributed by atoms with E-state index in [-0.39, 0.29) is 17.0 Å². The minimum absolute atomic E-state index is 0.0243. The third-order valence-electron chi connectivity index (χ3n) is 9.39. The van der Waals surface area contributed by atoms with Crippen LogP contribution in [-0.4, -0.2) is 24.2 Å². The largest absolute Gasteiger partial charge is 0.384 e. The summed E-state index contributed by atoms with van der Waals surface area (Å²) in [5.74, 6) is 1.67. The van der Waals surface area contributed by atoms with Crippen molar-refractivity contribution in [1.82, 2.24) is 0 Å². The first-order valence-electron chi connectivity index (χ1n) is 14.2. The smallest absolute Gasteiger partial charge is 0.196 e. The Morgan fingerprint density at radius 3 is 2.42 bits per heavy atom. The van der Waals surface area contributed by atoms with Crippen LogP contribution in [0.5, 0.6) is 0 Å². The summed E-state index contributed by atoms with van der Waals surface area (Å²) in [7, 11) is 0. The Bertz CT molecular complexity index is 1180. The molecule has 5 rings (SSSR count). The van der Waals surface area contributed by atoms with Crippen molar-refractivity contribution >= 4 is 22.9 Å². The Morgan fingerprint density at radius 1 is 1.06 bits per heavy atom. The quantitative estimate of drug-likeness (QED) is 0.361. The molecule has 4 unspecified atom stereocenters. The van der Waals surface area contributed by atoms with E-state index in [1.165, 1.54) is 37.7 Å². The maximum absolute atomic E-state index is 14.0. The van der Waals surface area contributed by atoms with Gasteiger partial charge in [0.1, 0.15) is 0 Å². The number of carbonyl (C=O) groups is 2. The zero-order chi connectivity index (χ0) is 25.6. The third-order valence-corrected chi connectivity index (χ3v) is 9.39. The van der Waals surface area contributed by atoms with Crippen molar-refractivity contribution in [2.75, 3.05) is 17.2 Å². The number of anilines is 2. The summed E-state index contributed by atoms with van der Waals surface area (Å²) < 4.78 is 0. The van der Waals surface area contributed by atoms with Gasteiger partial charge in [-0.2, -0.15) is 0 Å². The van der Waals surface area contributed by atoms with Crippen molar-refractivity contribution in [2.24, 2.45) is 17.8 Å². The molecule has 0 bridgehead atoms. The molecule has 2 aromatic carbocycles. The lowest BCUT2D eigenvalue weighted by Gasteiger charge is -2.50. The maximum Gasteiger partial charge on any atom is 0.196 e. The summed E-state index contributed by atoms with van der Waals surface area (Å²) in [5.41, 5.74) is 5.05. The van der Waals surface area contributed by atoms with E-state index in [2.05, 4.69) is 51.3 Å². The molecule has 0 saturated heterocycles. The van der Waals surface area contributed by atoms with Crippen molar-refractivity contribution in [3.05, 3.63) is 58.1 Å². The summed E-state index contributed by atoms with van der Waals surface area (Å²) in [5, 5.41) is 7.51. The average Bonchev–Trinajstić information content (AvgIpc) is 2.87. The van der Waals surface area contributed by atoms with Crippen LogP contribution in [0.3, 0.4) is 0 Å². The molecule has 0 amide bonds. The Morgan fingerprint density at radius 2 is 1.75 bits per heavy atom. The van der Waals surface area contributed by atoms with Crippen LogP contribution in [0, 0.1) is 17.8 Å². The molecule has 1 aliphatic heterocycles. The van der Waals surface area contributed by atoms with Crippen LogP contribution in [0.4, 0.5) is 11.4 Å². The van der Waals surface area contributed by atoms with Crippen LogP contribution in [-0.2, 0) is 5.41 Å². The molecule has 4 atom stereocenters. The maximum atomic E-state index is 14.0. The summed E-state index contributed by atoms with van der Waals surface area (Å²) in [6.07, 6.45) is 8.23. The fourth-order valence-corrected chi connectivity index (χ4v) is 7.08. The van der Waals surface area contributed by atoms with Gasteiger partial charge in [-0.3, -0.25) is 9.59 Å². The first-order chi connectivity index (χ1) is 17.3. The lowest BCUT2D eigenvalue weighted by Crippen LogP contribution is -2.49. The summed E-state index contributed by atoms with van der Waals surface area (Å²) in [4.78, 5) is 28.0. The molecule has 1 saturated carbocycles. The zero-order valence-electron chi connectivity index (χ0n) is 22.7. The van der Waals surface area contributed by atoms with Gasteiger partial charge in [0, 0.05) is 29.4 Å². The number of unbranched alkanes of at least 4 members (excludes halogenated alkanes) is 1. The highest BCUT2D eigenvalue weighted by atomic mass is 16.1. The van der Waals surface area contributed by atoms with Crippen LogP contribution in [0.15, 0.2) is 30.3 Å². The Kier molecular flexibility index (Phi) is 6.74. The van der Waals surface area contributed by atoms with Gasteiger partial charge < -0.3 is 10.6 Å². The fourth-order valence-electron chi connectivity index (χ4n) is 7.08. The van der Waals surface area contributed by atoms with Gasteiger partial charge in [0.2, 0.25) is 0 Å². The third kappa shape index (κ3) is 4.07. The molecule has 4 nitrogen and oxygen atoms in total. The second-order valence-electron chi connectivity index (χ2n) is 12.1.